The topological polar surface area (TPSA) is 66.5 Å². The highest BCUT2D eigenvalue weighted by atomic mass is 32.2. The third-order valence-corrected chi connectivity index (χ3v) is 7.36. The van der Waals surface area contributed by atoms with Gasteiger partial charge >= 0.3 is 0 Å². The molecule has 0 aliphatic heterocycles. The first-order chi connectivity index (χ1) is 15.7. The van der Waals surface area contributed by atoms with Gasteiger partial charge in [0.25, 0.3) is 5.91 Å². The van der Waals surface area contributed by atoms with Crippen molar-refractivity contribution in [2.45, 2.75) is 26.1 Å². The molecular formula is C26H30N2O3S2. The van der Waals surface area contributed by atoms with Gasteiger partial charge in [-0.3, -0.25) is 9.10 Å². The van der Waals surface area contributed by atoms with Crippen LogP contribution >= 0.6 is 11.8 Å². The van der Waals surface area contributed by atoms with Crippen molar-refractivity contribution in [2.75, 3.05) is 22.9 Å². The van der Waals surface area contributed by atoms with Gasteiger partial charge in [0.2, 0.25) is 10.0 Å². The zero-order valence-electron chi connectivity index (χ0n) is 19.2. The number of amides is 1. The van der Waals surface area contributed by atoms with Crippen LogP contribution in [0.2, 0.25) is 0 Å². The first-order valence-electron chi connectivity index (χ1n) is 10.8. The summed E-state index contributed by atoms with van der Waals surface area (Å²) in [5.41, 5.74) is 5.57. The monoisotopic (exact) mass is 482 g/mol. The van der Waals surface area contributed by atoms with Crippen molar-refractivity contribution in [2.24, 2.45) is 0 Å². The summed E-state index contributed by atoms with van der Waals surface area (Å²) in [7, 11) is -3.48. The summed E-state index contributed by atoms with van der Waals surface area (Å²) < 4.78 is 26.1. The minimum Gasteiger partial charge on any atom is -0.351 e. The highest BCUT2D eigenvalue weighted by molar-refractivity contribution is 7.98. The maximum atomic E-state index is 12.5. The van der Waals surface area contributed by atoms with E-state index in [-0.39, 0.29) is 12.5 Å². The minimum absolute atomic E-state index is 0.165. The SMILES string of the molecule is Cc1ccc(CSCCNC(=O)c2ccc(N(Cc3ccc(C)cc3)S(C)(=O)=O)cc2)cc1. The number of anilines is 1. The van der Waals surface area contributed by atoms with Gasteiger partial charge in [-0.05, 0) is 49.2 Å². The molecule has 3 rings (SSSR count). The molecule has 0 saturated heterocycles. The van der Waals surface area contributed by atoms with Crippen LogP contribution in [0.3, 0.4) is 0 Å². The van der Waals surface area contributed by atoms with Crippen molar-refractivity contribution in [1.29, 1.82) is 0 Å². The quantitative estimate of drug-likeness (QED) is 0.416. The Morgan fingerprint density at radius 1 is 0.848 bits per heavy atom. The second-order valence-electron chi connectivity index (χ2n) is 8.10. The minimum atomic E-state index is -3.48. The predicted molar refractivity (Wildman–Crippen MR) is 138 cm³/mol. The van der Waals surface area contributed by atoms with Gasteiger partial charge in [-0.2, -0.15) is 11.8 Å². The van der Waals surface area contributed by atoms with Crippen LogP contribution in [0.25, 0.3) is 0 Å². The zero-order chi connectivity index (χ0) is 23.8. The third-order valence-electron chi connectivity index (χ3n) is 5.19. The van der Waals surface area contributed by atoms with E-state index in [1.165, 1.54) is 21.7 Å². The molecule has 0 aromatic heterocycles. The van der Waals surface area contributed by atoms with Crippen LogP contribution in [0, 0.1) is 13.8 Å². The van der Waals surface area contributed by atoms with Crippen LogP contribution in [0.4, 0.5) is 5.69 Å². The molecule has 5 nitrogen and oxygen atoms in total. The van der Waals surface area contributed by atoms with E-state index in [1.807, 2.05) is 31.2 Å². The smallest absolute Gasteiger partial charge is 0.251 e. The number of carbonyl (C=O) groups excluding carboxylic acids is 1. The van der Waals surface area contributed by atoms with E-state index in [0.717, 1.165) is 22.6 Å². The Kier molecular flexibility index (Phi) is 8.58. The maximum Gasteiger partial charge on any atom is 0.251 e. The van der Waals surface area contributed by atoms with Crippen LogP contribution in [0.5, 0.6) is 0 Å². The van der Waals surface area contributed by atoms with E-state index in [2.05, 4.69) is 36.5 Å². The fourth-order valence-corrected chi connectivity index (χ4v) is 4.96. The van der Waals surface area contributed by atoms with E-state index in [0.29, 0.717) is 17.8 Å². The number of thioether (sulfide) groups is 1. The summed E-state index contributed by atoms with van der Waals surface area (Å²) in [6, 6.07) is 22.9. The first kappa shape index (κ1) is 24.9. The van der Waals surface area contributed by atoms with Crippen molar-refractivity contribution in [3.63, 3.8) is 0 Å². The molecule has 0 saturated carbocycles. The van der Waals surface area contributed by atoms with E-state index in [1.54, 1.807) is 36.0 Å². The molecular weight excluding hydrogens is 452 g/mol. The Morgan fingerprint density at radius 3 is 1.94 bits per heavy atom. The van der Waals surface area contributed by atoms with Crippen molar-refractivity contribution >= 4 is 33.4 Å². The van der Waals surface area contributed by atoms with Crippen molar-refractivity contribution in [3.8, 4) is 0 Å². The number of nitrogens with zero attached hydrogens (tertiary/aromatic N) is 1. The normalized spacial score (nSPS) is 11.2. The second kappa shape index (κ2) is 11.4. The second-order valence-corrected chi connectivity index (χ2v) is 11.1. The molecule has 0 radical (unpaired) electrons. The van der Waals surface area contributed by atoms with Gasteiger partial charge in [-0.1, -0.05) is 59.7 Å². The molecule has 0 atom stereocenters. The molecule has 3 aromatic rings. The maximum absolute atomic E-state index is 12.5. The third kappa shape index (κ3) is 7.65. The Morgan fingerprint density at radius 2 is 1.39 bits per heavy atom. The molecule has 1 N–H and O–H groups in total. The number of nitrogens with one attached hydrogen (secondary N) is 1. The molecule has 174 valence electrons. The number of sulfonamides is 1. The molecule has 33 heavy (non-hydrogen) atoms. The highest BCUT2D eigenvalue weighted by Crippen LogP contribution is 2.21. The lowest BCUT2D eigenvalue weighted by Crippen LogP contribution is -2.29. The molecule has 1 amide bonds. The molecule has 0 bridgehead atoms. The average Bonchev–Trinajstić information content (AvgIpc) is 2.79. The number of hydrogen-bond acceptors (Lipinski definition) is 4. The molecule has 0 aliphatic carbocycles. The molecule has 7 heteroatoms. The number of carbonyl (C=O) groups is 1. The predicted octanol–water partition coefficient (Wildman–Crippen LogP) is 4.93. The summed E-state index contributed by atoms with van der Waals surface area (Å²) in [5.74, 6) is 1.56. The largest absolute Gasteiger partial charge is 0.351 e. The van der Waals surface area contributed by atoms with Crippen LogP contribution in [0.1, 0.15) is 32.6 Å². The fourth-order valence-electron chi connectivity index (χ4n) is 3.25. The van der Waals surface area contributed by atoms with E-state index in [9.17, 15) is 13.2 Å². The van der Waals surface area contributed by atoms with Crippen LogP contribution in [0.15, 0.2) is 72.8 Å². The lowest BCUT2D eigenvalue weighted by Gasteiger charge is -2.23. The summed E-state index contributed by atoms with van der Waals surface area (Å²) in [5, 5.41) is 2.93. The molecule has 0 heterocycles. The van der Waals surface area contributed by atoms with Crippen LogP contribution in [-0.2, 0) is 22.3 Å². The molecule has 0 spiro atoms. The molecule has 0 unspecified atom stereocenters. The Labute approximate surface area is 201 Å². The molecule has 0 aliphatic rings. The van der Waals surface area contributed by atoms with Gasteiger partial charge in [-0.15, -0.1) is 0 Å². The van der Waals surface area contributed by atoms with Crippen LogP contribution < -0.4 is 9.62 Å². The summed E-state index contributed by atoms with van der Waals surface area (Å²) in [6.45, 7) is 4.87. The van der Waals surface area contributed by atoms with Crippen molar-refractivity contribution in [1.82, 2.24) is 5.32 Å². The number of aryl methyl sites for hydroxylation is 2. The van der Waals surface area contributed by atoms with Crippen LogP contribution in [-0.4, -0.2) is 32.9 Å². The first-order valence-corrected chi connectivity index (χ1v) is 13.8. The Hall–Kier alpha value is -2.77. The Bertz CT molecular complexity index is 1160. The number of benzene rings is 3. The molecule has 0 fully saturated rings. The van der Waals surface area contributed by atoms with Gasteiger partial charge < -0.3 is 5.32 Å². The average molecular weight is 483 g/mol. The zero-order valence-corrected chi connectivity index (χ0v) is 20.9. The lowest BCUT2D eigenvalue weighted by atomic mass is 10.1. The van der Waals surface area contributed by atoms with Gasteiger partial charge in [0.05, 0.1) is 18.5 Å². The van der Waals surface area contributed by atoms with Crippen molar-refractivity contribution in [3.05, 3.63) is 101 Å². The molecule has 3 aromatic carbocycles. The summed E-state index contributed by atoms with van der Waals surface area (Å²) in [4.78, 5) is 12.5. The van der Waals surface area contributed by atoms with E-state index in [4.69, 9.17) is 0 Å². The van der Waals surface area contributed by atoms with E-state index < -0.39 is 10.0 Å². The summed E-state index contributed by atoms with van der Waals surface area (Å²) in [6.07, 6.45) is 1.19. The van der Waals surface area contributed by atoms with Gasteiger partial charge in [0.1, 0.15) is 0 Å². The van der Waals surface area contributed by atoms with Gasteiger partial charge in [0.15, 0.2) is 0 Å². The van der Waals surface area contributed by atoms with Crippen molar-refractivity contribution < 1.29 is 13.2 Å². The fraction of sp³-hybridized carbons (Fsp3) is 0.269. The van der Waals surface area contributed by atoms with E-state index >= 15 is 0 Å². The Balaban J connectivity index is 1.54. The number of rotatable bonds is 10. The van der Waals surface area contributed by atoms with Gasteiger partial charge in [-0.25, -0.2) is 8.42 Å². The lowest BCUT2D eigenvalue weighted by molar-refractivity contribution is 0.0956. The highest BCUT2D eigenvalue weighted by Gasteiger charge is 2.18. The number of hydrogen-bond donors (Lipinski definition) is 1. The standard InChI is InChI=1S/C26H30N2O3S2/c1-20-4-8-22(9-5-20)18-28(33(3,30)31)25-14-12-24(13-15-25)26(29)27-16-17-32-19-23-10-6-21(2)7-11-23/h4-15H,16-19H2,1-3H3,(H,27,29). The summed E-state index contributed by atoms with van der Waals surface area (Å²) >= 11 is 1.77. The van der Waals surface area contributed by atoms with Gasteiger partial charge in [0, 0.05) is 23.6 Å².